The van der Waals surface area contributed by atoms with Crippen molar-refractivity contribution in [1.82, 2.24) is 10.6 Å². The van der Waals surface area contributed by atoms with E-state index in [1.165, 1.54) is 12.8 Å². The molecule has 2 saturated heterocycles. The quantitative estimate of drug-likeness (QED) is 0.866. The third-order valence-electron chi connectivity index (χ3n) is 3.93. The molecule has 2 aliphatic rings. The third-order valence-corrected chi connectivity index (χ3v) is 4.61. The van der Waals surface area contributed by atoms with Crippen molar-refractivity contribution >= 4 is 33.4 Å². The van der Waals surface area contributed by atoms with Crippen LogP contribution in [0.1, 0.15) is 36.0 Å². The maximum Gasteiger partial charge on any atom is 0.251 e. The highest BCUT2D eigenvalue weighted by atomic mass is 79.9. The molecule has 2 N–H and O–H groups in total. The van der Waals surface area contributed by atoms with Crippen LogP contribution in [0.4, 0.5) is 0 Å². The van der Waals surface area contributed by atoms with E-state index in [0.717, 1.165) is 17.3 Å². The Labute approximate surface area is 126 Å². The molecule has 5 heteroatoms. The summed E-state index contributed by atoms with van der Waals surface area (Å²) >= 11 is 9.33. The summed E-state index contributed by atoms with van der Waals surface area (Å²) in [5.74, 6) is -0.0329. The minimum atomic E-state index is -0.0329. The molecular formula is C14H16BrClN2O. The Bertz CT molecular complexity index is 476. The van der Waals surface area contributed by atoms with Gasteiger partial charge in [-0.05, 0) is 43.9 Å². The zero-order valence-corrected chi connectivity index (χ0v) is 12.8. The average Bonchev–Trinajstić information content (AvgIpc) is 2.67. The zero-order chi connectivity index (χ0) is 13.4. The van der Waals surface area contributed by atoms with E-state index < -0.39 is 0 Å². The van der Waals surface area contributed by atoms with Crippen LogP contribution >= 0.6 is 27.5 Å². The molecule has 0 aromatic heterocycles. The van der Waals surface area contributed by atoms with Gasteiger partial charge in [0.05, 0.1) is 0 Å². The molecule has 2 heterocycles. The Hall–Kier alpha value is -0.580. The van der Waals surface area contributed by atoms with Crippen LogP contribution in [0, 0.1) is 0 Å². The van der Waals surface area contributed by atoms with E-state index in [-0.39, 0.29) is 11.9 Å². The second-order valence-electron chi connectivity index (χ2n) is 5.44. The van der Waals surface area contributed by atoms with Crippen molar-refractivity contribution in [3.8, 4) is 0 Å². The molecule has 0 spiro atoms. The summed E-state index contributed by atoms with van der Waals surface area (Å²) in [4.78, 5) is 12.2. The van der Waals surface area contributed by atoms with Gasteiger partial charge in [0, 0.05) is 33.2 Å². The summed E-state index contributed by atoms with van der Waals surface area (Å²) < 4.78 is 0.829. The lowest BCUT2D eigenvalue weighted by Gasteiger charge is -2.29. The number of piperidine rings is 1. The van der Waals surface area contributed by atoms with E-state index in [0.29, 0.717) is 22.7 Å². The van der Waals surface area contributed by atoms with Crippen molar-refractivity contribution in [3.05, 3.63) is 33.3 Å². The first-order valence-corrected chi connectivity index (χ1v) is 7.80. The van der Waals surface area contributed by atoms with Crippen molar-refractivity contribution < 1.29 is 4.79 Å². The Morgan fingerprint density at radius 3 is 2.58 bits per heavy atom. The standard InChI is InChI=1S/C14H16BrClN2O/c15-9-3-8(4-10(16)5-9)14(19)18-13-6-11-1-2-12(7-13)17-11/h3-5,11-13,17H,1-2,6-7H2,(H,18,19). The second-order valence-corrected chi connectivity index (χ2v) is 6.79. The molecule has 2 unspecified atom stereocenters. The van der Waals surface area contributed by atoms with Gasteiger partial charge in [-0.15, -0.1) is 0 Å². The van der Waals surface area contributed by atoms with Crippen molar-refractivity contribution in [3.63, 3.8) is 0 Å². The Morgan fingerprint density at radius 2 is 1.95 bits per heavy atom. The molecule has 3 rings (SSSR count). The van der Waals surface area contributed by atoms with Gasteiger partial charge < -0.3 is 10.6 Å². The van der Waals surface area contributed by atoms with Crippen LogP contribution in [-0.4, -0.2) is 24.0 Å². The monoisotopic (exact) mass is 342 g/mol. The molecule has 0 radical (unpaired) electrons. The summed E-state index contributed by atoms with van der Waals surface area (Å²) in [5.41, 5.74) is 0.616. The van der Waals surface area contributed by atoms with Crippen LogP contribution in [-0.2, 0) is 0 Å². The fraction of sp³-hybridized carbons (Fsp3) is 0.500. The smallest absolute Gasteiger partial charge is 0.251 e. The maximum atomic E-state index is 12.2. The predicted octanol–water partition coefficient (Wildman–Crippen LogP) is 3.12. The number of carbonyl (C=O) groups excluding carboxylic acids is 1. The average molecular weight is 344 g/mol. The number of rotatable bonds is 2. The summed E-state index contributed by atoms with van der Waals surface area (Å²) in [5, 5.41) is 7.28. The Balaban J connectivity index is 1.67. The first-order chi connectivity index (χ1) is 9.10. The van der Waals surface area contributed by atoms with Gasteiger partial charge in [0.1, 0.15) is 0 Å². The summed E-state index contributed by atoms with van der Waals surface area (Å²) in [6, 6.07) is 6.73. The molecule has 1 aromatic rings. The van der Waals surface area contributed by atoms with Gasteiger partial charge >= 0.3 is 0 Å². The van der Waals surface area contributed by atoms with Crippen LogP contribution in [0.25, 0.3) is 0 Å². The lowest BCUT2D eigenvalue weighted by atomic mass is 9.99. The van der Waals surface area contributed by atoms with Crippen LogP contribution in [0.5, 0.6) is 0 Å². The molecule has 2 bridgehead atoms. The lowest BCUT2D eigenvalue weighted by molar-refractivity contribution is 0.0924. The number of fused-ring (bicyclic) bond motifs is 2. The Kier molecular flexibility index (Phi) is 3.83. The maximum absolute atomic E-state index is 12.2. The molecule has 2 fully saturated rings. The molecule has 3 nitrogen and oxygen atoms in total. The summed E-state index contributed by atoms with van der Waals surface area (Å²) in [6.45, 7) is 0. The highest BCUT2D eigenvalue weighted by molar-refractivity contribution is 9.10. The lowest BCUT2D eigenvalue weighted by Crippen LogP contribution is -2.48. The van der Waals surface area contributed by atoms with E-state index in [1.54, 1.807) is 18.2 Å². The molecule has 19 heavy (non-hydrogen) atoms. The first kappa shape index (κ1) is 13.4. The Morgan fingerprint density at radius 1 is 1.26 bits per heavy atom. The molecule has 1 amide bonds. The van der Waals surface area contributed by atoms with Gasteiger partial charge in [-0.1, -0.05) is 27.5 Å². The fourth-order valence-electron chi connectivity index (χ4n) is 3.13. The van der Waals surface area contributed by atoms with Crippen LogP contribution in [0.3, 0.4) is 0 Å². The van der Waals surface area contributed by atoms with Crippen LogP contribution < -0.4 is 10.6 Å². The first-order valence-electron chi connectivity index (χ1n) is 6.63. The molecule has 2 atom stereocenters. The number of nitrogens with one attached hydrogen (secondary N) is 2. The van der Waals surface area contributed by atoms with E-state index in [4.69, 9.17) is 11.6 Å². The van der Waals surface area contributed by atoms with Crippen molar-refractivity contribution in [2.24, 2.45) is 0 Å². The molecule has 0 saturated carbocycles. The number of amides is 1. The van der Waals surface area contributed by atoms with E-state index in [2.05, 4.69) is 26.6 Å². The highest BCUT2D eigenvalue weighted by Crippen LogP contribution is 2.27. The number of carbonyl (C=O) groups is 1. The molecule has 1 aromatic carbocycles. The molecule has 102 valence electrons. The minimum Gasteiger partial charge on any atom is -0.349 e. The topological polar surface area (TPSA) is 41.1 Å². The number of hydrogen-bond acceptors (Lipinski definition) is 2. The van der Waals surface area contributed by atoms with Gasteiger partial charge in [-0.3, -0.25) is 4.79 Å². The number of halogens is 2. The third kappa shape index (κ3) is 3.12. The van der Waals surface area contributed by atoms with E-state index in [9.17, 15) is 4.79 Å². The SMILES string of the molecule is O=C(NC1CC2CCC(C1)N2)c1cc(Cl)cc(Br)c1. The highest BCUT2D eigenvalue weighted by Gasteiger charge is 2.34. The van der Waals surface area contributed by atoms with Crippen LogP contribution in [0.2, 0.25) is 5.02 Å². The molecular weight excluding hydrogens is 328 g/mol. The van der Waals surface area contributed by atoms with E-state index >= 15 is 0 Å². The zero-order valence-electron chi connectivity index (χ0n) is 10.5. The molecule has 0 aliphatic carbocycles. The number of hydrogen-bond donors (Lipinski definition) is 2. The van der Waals surface area contributed by atoms with E-state index in [1.807, 2.05) is 0 Å². The largest absolute Gasteiger partial charge is 0.349 e. The van der Waals surface area contributed by atoms with Crippen molar-refractivity contribution in [1.29, 1.82) is 0 Å². The second kappa shape index (κ2) is 5.43. The van der Waals surface area contributed by atoms with Crippen LogP contribution in [0.15, 0.2) is 22.7 Å². The summed E-state index contributed by atoms with van der Waals surface area (Å²) in [7, 11) is 0. The fourth-order valence-corrected chi connectivity index (χ4v) is 3.99. The van der Waals surface area contributed by atoms with Crippen molar-refractivity contribution in [2.45, 2.75) is 43.8 Å². The summed E-state index contributed by atoms with van der Waals surface area (Å²) in [6.07, 6.45) is 4.54. The minimum absolute atomic E-state index is 0.0329. The van der Waals surface area contributed by atoms with Gasteiger partial charge in [0.15, 0.2) is 0 Å². The van der Waals surface area contributed by atoms with Crippen molar-refractivity contribution in [2.75, 3.05) is 0 Å². The van der Waals surface area contributed by atoms with Gasteiger partial charge in [-0.2, -0.15) is 0 Å². The molecule has 2 aliphatic heterocycles. The van der Waals surface area contributed by atoms with Gasteiger partial charge in [0.2, 0.25) is 0 Å². The number of benzene rings is 1. The van der Waals surface area contributed by atoms with Gasteiger partial charge in [-0.25, -0.2) is 0 Å². The predicted molar refractivity (Wildman–Crippen MR) is 79.6 cm³/mol. The normalized spacial score (nSPS) is 29.3. The van der Waals surface area contributed by atoms with Gasteiger partial charge in [0.25, 0.3) is 5.91 Å².